The zero-order chi connectivity index (χ0) is 11.7. The van der Waals surface area contributed by atoms with E-state index in [-0.39, 0.29) is 16.4 Å². The van der Waals surface area contributed by atoms with Crippen molar-refractivity contribution in [3.05, 3.63) is 38.7 Å². The van der Waals surface area contributed by atoms with Crippen LogP contribution < -0.4 is 0 Å². The van der Waals surface area contributed by atoms with Crippen LogP contribution in [0.5, 0.6) is 0 Å². The predicted molar refractivity (Wildman–Crippen MR) is 58.5 cm³/mol. The summed E-state index contributed by atoms with van der Waals surface area (Å²) in [6.45, 7) is 1.83. The average Bonchev–Trinajstić information content (AvgIpc) is 2.64. The minimum Gasteiger partial charge on any atom is -0.409 e. The van der Waals surface area contributed by atoms with Crippen LogP contribution in [-0.2, 0) is 0 Å². The summed E-state index contributed by atoms with van der Waals surface area (Å²) in [4.78, 5) is 10.4. The number of rotatable bonds is 2. The summed E-state index contributed by atoms with van der Waals surface area (Å²) < 4.78 is 5.06. The van der Waals surface area contributed by atoms with Gasteiger partial charge in [-0.3, -0.25) is 10.1 Å². The molecule has 7 heteroatoms. The lowest BCUT2D eigenvalue weighted by Gasteiger charge is -1.99. The van der Waals surface area contributed by atoms with Crippen LogP contribution in [0.3, 0.4) is 0 Å². The first-order chi connectivity index (χ1) is 7.58. The smallest absolute Gasteiger partial charge is 0.284 e. The highest BCUT2D eigenvalue weighted by molar-refractivity contribution is 7.71. The first-order valence-corrected chi connectivity index (χ1v) is 4.79. The fraction of sp³-hybridized carbons (Fsp3) is 0.111. The Labute approximate surface area is 95.1 Å². The number of benzene rings is 1. The molecule has 6 nitrogen and oxygen atoms in total. The molecule has 0 aliphatic carbocycles. The topological polar surface area (TPSA) is 85.0 Å². The zero-order valence-electron chi connectivity index (χ0n) is 8.26. The third-order valence-electron chi connectivity index (χ3n) is 2.02. The lowest BCUT2D eigenvalue weighted by molar-refractivity contribution is -0.384. The van der Waals surface area contributed by atoms with Crippen molar-refractivity contribution >= 4 is 17.9 Å². The van der Waals surface area contributed by atoms with Crippen molar-refractivity contribution in [2.75, 3.05) is 0 Å². The van der Waals surface area contributed by atoms with Gasteiger partial charge in [0.05, 0.1) is 4.92 Å². The lowest BCUT2D eigenvalue weighted by atomic mass is 10.1. The molecule has 2 aromatic rings. The summed E-state index contributed by atoms with van der Waals surface area (Å²) in [5.41, 5.74) is 1.14. The van der Waals surface area contributed by atoms with Gasteiger partial charge in [0.25, 0.3) is 16.4 Å². The van der Waals surface area contributed by atoms with Crippen LogP contribution in [0, 0.1) is 21.9 Å². The molecule has 82 valence electrons. The third-order valence-corrected chi connectivity index (χ3v) is 2.19. The molecular weight excluding hydrogens is 230 g/mol. The van der Waals surface area contributed by atoms with Gasteiger partial charge >= 0.3 is 0 Å². The maximum absolute atomic E-state index is 10.8. The number of nitro benzene ring substituents is 1. The van der Waals surface area contributed by atoms with Gasteiger partial charge in [0.15, 0.2) is 0 Å². The van der Waals surface area contributed by atoms with E-state index in [9.17, 15) is 10.1 Å². The maximum Gasteiger partial charge on any atom is 0.284 e. The molecule has 0 atom stereocenters. The average molecular weight is 237 g/mol. The molecule has 0 unspecified atom stereocenters. The van der Waals surface area contributed by atoms with E-state index in [1.165, 1.54) is 6.07 Å². The van der Waals surface area contributed by atoms with Gasteiger partial charge in [-0.1, -0.05) is 6.07 Å². The summed E-state index contributed by atoms with van der Waals surface area (Å²) in [5.74, 6) is 0.125. The van der Waals surface area contributed by atoms with Crippen molar-refractivity contribution in [2.45, 2.75) is 6.92 Å². The van der Waals surface area contributed by atoms with Gasteiger partial charge in [0.2, 0.25) is 0 Å². The predicted octanol–water partition coefficient (Wildman–Crippen LogP) is 2.62. The van der Waals surface area contributed by atoms with E-state index >= 15 is 0 Å². The Balaban J connectivity index is 2.66. The number of nitrogens with zero attached hydrogens (tertiary/aromatic N) is 2. The van der Waals surface area contributed by atoms with Gasteiger partial charge < -0.3 is 4.42 Å². The van der Waals surface area contributed by atoms with E-state index in [1.54, 1.807) is 12.1 Å². The van der Waals surface area contributed by atoms with Crippen LogP contribution in [-0.4, -0.2) is 15.1 Å². The minimum absolute atomic E-state index is 0.0594. The molecule has 0 spiro atoms. The summed E-state index contributed by atoms with van der Waals surface area (Å²) in [7, 11) is 0. The summed E-state index contributed by atoms with van der Waals surface area (Å²) in [6, 6.07) is 4.70. The van der Waals surface area contributed by atoms with Crippen molar-refractivity contribution in [2.24, 2.45) is 0 Å². The summed E-state index contributed by atoms with van der Waals surface area (Å²) in [5, 5.41) is 17.0. The molecule has 0 bridgehead atoms. The third kappa shape index (κ3) is 1.84. The molecule has 0 aliphatic heterocycles. The van der Waals surface area contributed by atoms with E-state index < -0.39 is 4.92 Å². The molecular formula is C9H7N3O3S. The van der Waals surface area contributed by atoms with E-state index in [0.717, 1.165) is 5.56 Å². The monoisotopic (exact) mass is 237 g/mol. The standard InChI is InChI=1S/C9H7N3O3S/c1-5-2-3-7(12(13)14)6(4-5)8-10-11-9(16)15-8/h2-4H,1H3,(H,11,16). The van der Waals surface area contributed by atoms with E-state index in [4.69, 9.17) is 16.6 Å². The maximum atomic E-state index is 10.8. The normalized spacial score (nSPS) is 10.3. The number of nitrogens with one attached hydrogen (secondary N) is 1. The van der Waals surface area contributed by atoms with Crippen LogP contribution in [0.1, 0.15) is 5.56 Å². The van der Waals surface area contributed by atoms with Gasteiger partial charge in [-0.2, -0.15) is 0 Å². The van der Waals surface area contributed by atoms with Crippen LogP contribution in [0.2, 0.25) is 0 Å². The van der Waals surface area contributed by atoms with Crippen LogP contribution in [0.4, 0.5) is 5.69 Å². The highest BCUT2D eigenvalue weighted by Gasteiger charge is 2.18. The van der Waals surface area contributed by atoms with Crippen molar-refractivity contribution in [3.8, 4) is 11.5 Å². The van der Waals surface area contributed by atoms with Gasteiger partial charge in [-0.15, -0.1) is 5.10 Å². The van der Waals surface area contributed by atoms with Crippen molar-refractivity contribution in [3.63, 3.8) is 0 Å². The van der Waals surface area contributed by atoms with E-state index in [2.05, 4.69) is 10.2 Å². The Morgan fingerprint density at radius 2 is 2.31 bits per heavy atom. The molecule has 0 fully saturated rings. The lowest BCUT2D eigenvalue weighted by Crippen LogP contribution is -1.92. The second-order valence-corrected chi connectivity index (χ2v) is 3.57. The van der Waals surface area contributed by atoms with E-state index in [1.807, 2.05) is 6.92 Å². The largest absolute Gasteiger partial charge is 0.409 e. The Morgan fingerprint density at radius 1 is 1.56 bits per heavy atom. The Bertz CT molecular complexity index is 602. The Kier molecular flexibility index (Phi) is 2.53. The van der Waals surface area contributed by atoms with Gasteiger partial charge in [0, 0.05) is 6.07 Å². The second-order valence-electron chi connectivity index (χ2n) is 3.20. The number of aryl methyl sites for hydroxylation is 1. The number of H-pyrrole nitrogens is 1. The molecule has 0 aliphatic rings. The molecule has 16 heavy (non-hydrogen) atoms. The molecule has 2 rings (SSSR count). The van der Waals surface area contributed by atoms with E-state index in [0.29, 0.717) is 5.56 Å². The number of hydrogen-bond acceptors (Lipinski definition) is 5. The number of aromatic nitrogens is 2. The Morgan fingerprint density at radius 3 is 2.88 bits per heavy atom. The molecule has 1 heterocycles. The highest BCUT2D eigenvalue weighted by Crippen LogP contribution is 2.29. The fourth-order valence-electron chi connectivity index (χ4n) is 1.33. The van der Waals surface area contributed by atoms with Crippen molar-refractivity contribution in [1.82, 2.24) is 10.2 Å². The van der Waals surface area contributed by atoms with Crippen molar-refractivity contribution in [1.29, 1.82) is 0 Å². The van der Waals surface area contributed by atoms with Crippen LogP contribution in [0.25, 0.3) is 11.5 Å². The minimum atomic E-state index is -0.484. The number of hydrogen-bond donors (Lipinski definition) is 1. The molecule has 0 saturated heterocycles. The summed E-state index contributed by atoms with van der Waals surface area (Å²) in [6.07, 6.45) is 0. The second kappa shape index (κ2) is 3.86. The van der Waals surface area contributed by atoms with Crippen LogP contribution in [0.15, 0.2) is 22.6 Å². The highest BCUT2D eigenvalue weighted by atomic mass is 32.1. The Hall–Kier alpha value is -2.02. The molecule has 1 aromatic carbocycles. The quantitative estimate of drug-likeness (QED) is 0.493. The molecule has 0 radical (unpaired) electrons. The molecule has 0 saturated carbocycles. The first kappa shape index (κ1) is 10.5. The zero-order valence-corrected chi connectivity index (χ0v) is 9.08. The molecule has 1 aromatic heterocycles. The van der Waals surface area contributed by atoms with Crippen molar-refractivity contribution < 1.29 is 9.34 Å². The first-order valence-electron chi connectivity index (χ1n) is 4.39. The summed E-state index contributed by atoms with van der Waals surface area (Å²) >= 11 is 4.72. The van der Waals surface area contributed by atoms with Gasteiger partial charge in [-0.25, -0.2) is 5.10 Å². The van der Waals surface area contributed by atoms with Crippen LogP contribution >= 0.6 is 12.2 Å². The molecule has 1 N–H and O–H groups in total. The fourth-order valence-corrected chi connectivity index (χ4v) is 1.45. The molecule has 0 amide bonds. The number of aromatic amines is 1. The van der Waals surface area contributed by atoms with Gasteiger partial charge in [0.1, 0.15) is 5.56 Å². The van der Waals surface area contributed by atoms with Gasteiger partial charge in [-0.05, 0) is 30.8 Å². The SMILES string of the molecule is Cc1ccc([N+](=O)[O-])c(-c2n[nH]c(=S)o2)c1. The number of nitro groups is 1.